The van der Waals surface area contributed by atoms with Crippen LogP contribution in [-0.2, 0) is 32.5 Å². The van der Waals surface area contributed by atoms with Crippen LogP contribution >= 0.6 is 0 Å². The van der Waals surface area contributed by atoms with Crippen molar-refractivity contribution < 1.29 is 0 Å². The highest BCUT2D eigenvalue weighted by Gasteiger charge is 2.46. The fourth-order valence-electron chi connectivity index (χ4n) is 13.1. The zero-order valence-corrected chi connectivity index (χ0v) is 52.2. The maximum Gasteiger partial charge on any atom is 0.252 e. The predicted octanol–water partition coefficient (Wildman–Crippen LogP) is 20.0. The molecule has 0 atom stereocenters. The third kappa shape index (κ3) is 9.39. The van der Waals surface area contributed by atoms with Gasteiger partial charge in [0.15, 0.2) is 0 Å². The van der Waals surface area contributed by atoms with E-state index in [0.29, 0.717) is 0 Å². The van der Waals surface area contributed by atoms with Gasteiger partial charge in [-0.25, -0.2) is 0 Å². The van der Waals surface area contributed by atoms with Crippen LogP contribution in [0.4, 0.5) is 34.1 Å². The van der Waals surface area contributed by atoms with Gasteiger partial charge in [-0.05, 0) is 165 Å². The molecule has 2 aliphatic heterocycles. The maximum absolute atomic E-state index is 2.70. The van der Waals surface area contributed by atoms with Gasteiger partial charge in [0.25, 0.3) is 6.71 Å². The summed E-state index contributed by atoms with van der Waals surface area (Å²) in [4.78, 5) is 5.40. The molecule has 0 amide bonds. The maximum atomic E-state index is 2.70. The largest absolute Gasteiger partial charge is 0.311 e. The number of hydrogen-bond acceptors (Lipinski definition) is 2. The van der Waals surface area contributed by atoms with E-state index < -0.39 is 0 Å². The molecule has 3 nitrogen and oxygen atoms in total. The van der Waals surface area contributed by atoms with E-state index in [0.717, 1.165) is 5.69 Å². The number of fused-ring (bicyclic) bond motifs is 7. The number of anilines is 6. The Kier molecular flexibility index (Phi) is 12.7. The first-order valence-corrected chi connectivity index (χ1v) is 30.0. The lowest BCUT2D eigenvalue weighted by molar-refractivity contribution is 0.568. The van der Waals surface area contributed by atoms with Gasteiger partial charge < -0.3 is 14.4 Å². The van der Waals surface area contributed by atoms with Gasteiger partial charge in [0.05, 0.1) is 16.7 Å². The molecule has 10 aromatic rings. The lowest BCUT2D eigenvalue weighted by Crippen LogP contribution is -2.61. The van der Waals surface area contributed by atoms with Gasteiger partial charge >= 0.3 is 0 Å². The second-order valence-electron chi connectivity index (χ2n) is 30.1. The molecule has 0 N–H and O–H groups in total. The molecule has 12 rings (SSSR count). The Labute approximate surface area is 491 Å². The smallest absolute Gasteiger partial charge is 0.252 e. The Morgan fingerprint density at radius 3 is 0.951 bits per heavy atom. The molecule has 0 unspecified atom stereocenters. The molecule has 0 bridgehead atoms. The molecule has 82 heavy (non-hydrogen) atoms. The van der Waals surface area contributed by atoms with Gasteiger partial charge in [-0.2, -0.15) is 0 Å². The second kappa shape index (κ2) is 19.0. The van der Waals surface area contributed by atoms with Crippen molar-refractivity contribution in [3.8, 4) is 27.9 Å². The van der Waals surface area contributed by atoms with Crippen molar-refractivity contribution in [1.29, 1.82) is 0 Å². The van der Waals surface area contributed by atoms with E-state index in [9.17, 15) is 0 Å². The third-order valence-corrected chi connectivity index (χ3v) is 17.8. The van der Waals surface area contributed by atoms with E-state index in [-0.39, 0.29) is 39.2 Å². The lowest BCUT2D eigenvalue weighted by Gasteiger charge is -2.46. The van der Waals surface area contributed by atoms with Crippen LogP contribution in [0.5, 0.6) is 0 Å². The van der Waals surface area contributed by atoms with Crippen LogP contribution in [0.3, 0.4) is 0 Å². The lowest BCUT2D eigenvalue weighted by atomic mass is 9.33. The van der Waals surface area contributed by atoms with Crippen molar-refractivity contribution in [2.24, 2.45) is 0 Å². The minimum atomic E-state index is -0.196. The highest BCUT2D eigenvalue weighted by Crippen LogP contribution is 2.51. The molecule has 0 fully saturated rings. The summed E-state index contributed by atoms with van der Waals surface area (Å²) in [6.07, 6.45) is 0. The van der Waals surface area contributed by atoms with Crippen LogP contribution < -0.4 is 26.2 Å². The summed E-state index contributed by atoms with van der Waals surface area (Å²) in [7, 11) is 0. The van der Waals surface area contributed by atoms with Crippen molar-refractivity contribution in [3.05, 3.63) is 215 Å². The summed E-state index contributed by atoms with van der Waals surface area (Å²) < 4.78 is 2.55. The SMILES string of the molecule is CC(C)(C)c1cc(N2c3cc(C(C)(C)C)c(-c4ccccc4)cc3B3c4cc(-c5ccccc5)c(C(C)(C)C)cc4N(c4cc(C(C)(C)C)cc(C(C)(C)C)c4)c4cc(-n5c6ccccc6c6ccccc65)cc2c43)cc(C(C)(C)C)c1. The first-order valence-electron chi connectivity index (χ1n) is 30.0. The molecular formula is C78H84BN3. The summed E-state index contributed by atoms with van der Waals surface area (Å²) in [5.41, 5.74) is 26.8. The summed E-state index contributed by atoms with van der Waals surface area (Å²) in [6.45, 7) is 42.7. The Hall–Kier alpha value is -7.56. The van der Waals surface area contributed by atoms with Crippen molar-refractivity contribution >= 4 is 79.0 Å². The summed E-state index contributed by atoms with van der Waals surface area (Å²) in [5, 5.41) is 2.50. The first kappa shape index (κ1) is 55.0. The molecule has 0 saturated carbocycles. The Morgan fingerprint density at radius 1 is 0.293 bits per heavy atom. The molecule has 4 heteroatoms. The van der Waals surface area contributed by atoms with Gasteiger partial charge in [-0.1, -0.05) is 246 Å². The van der Waals surface area contributed by atoms with E-state index in [2.05, 4.69) is 321 Å². The molecule has 1 aromatic heterocycles. The second-order valence-corrected chi connectivity index (χ2v) is 30.1. The number of hydrogen-bond donors (Lipinski definition) is 0. The topological polar surface area (TPSA) is 11.4 Å². The predicted molar refractivity (Wildman–Crippen MR) is 358 cm³/mol. The number of benzene rings is 9. The van der Waals surface area contributed by atoms with Crippen LogP contribution in [0.15, 0.2) is 182 Å². The van der Waals surface area contributed by atoms with Crippen LogP contribution in [0.2, 0.25) is 0 Å². The summed E-state index contributed by atoms with van der Waals surface area (Å²) in [6, 6.07) is 70.9. The molecule has 0 radical (unpaired) electrons. The Bertz CT molecular complexity index is 3820. The minimum Gasteiger partial charge on any atom is -0.311 e. The zero-order chi connectivity index (χ0) is 58.4. The van der Waals surface area contributed by atoms with Gasteiger partial charge in [0, 0.05) is 44.9 Å². The summed E-state index contributed by atoms with van der Waals surface area (Å²) in [5.74, 6) is 0. The van der Waals surface area contributed by atoms with E-state index in [1.54, 1.807) is 0 Å². The standard InChI is InChI=1S/C78H84BN3/c1-73(2,3)51-37-52(74(4,5)6)40-55(39-51)81-68-47-62(77(13,14)15)60(49-29-21-19-22-30-49)45-64(68)79-65-46-61(50-31-23-20-24-32-50)63(78(16,17)18)48-69(65)82(56-41-53(75(7,8)9)38-54(42-56)76(10,11)12)71-44-57(43-70(81)72(71)79)80-66-35-27-25-33-58(66)59-34-26-28-36-67(59)80/h19-48H,1-18H3. The van der Waals surface area contributed by atoms with Gasteiger partial charge in [-0.15, -0.1) is 0 Å². The normalized spacial score (nSPS) is 13.9. The highest BCUT2D eigenvalue weighted by molar-refractivity contribution is 7.00. The van der Waals surface area contributed by atoms with Gasteiger partial charge in [-0.3, -0.25) is 0 Å². The van der Waals surface area contributed by atoms with E-state index in [1.807, 2.05) is 0 Å². The average molecular weight is 1070 g/mol. The fourth-order valence-corrected chi connectivity index (χ4v) is 13.1. The van der Waals surface area contributed by atoms with Crippen molar-refractivity contribution in [1.82, 2.24) is 4.57 Å². The van der Waals surface area contributed by atoms with Crippen LogP contribution in [0, 0.1) is 0 Å². The quantitative estimate of drug-likeness (QED) is 0.159. The van der Waals surface area contributed by atoms with E-state index in [1.165, 1.54) is 128 Å². The number of nitrogens with zero attached hydrogens (tertiary/aromatic N) is 3. The minimum absolute atomic E-state index is 0.119. The zero-order valence-electron chi connectivity index (χ0n) is 52.2. The molecule has 0 spiro atoms. The molecule has 2 aliphatic rings. The van der Waals surface area contributed by atoms with E-state index in [4.69, 9.17) is 0 Å². The Balaban J connectivity index is 1.34. The van der Waals surface area contributed by atoms with Crippen LogP contribution in [0.1, 0.15) is 158 Å². The van der Waals surface area contributed by atoms with Crippen molar-refractivity contribution in [3.63, 3.8) is 0 Å². The summed E-state index contributed by atoms with van der Waals surface area (Å²) >= 11 is 0. The molecular weight excluding hydrogens is 990 g/mol. The molecule has 0 saturated heterocycles. The molecule has 3 heterocycles. The monoisotopic (exact) mass is 1070 g/mol. The van der Waals surface area contributed by atoms with Crippen LogP contribution in [-0.4, -0.2) is 11.3 Å². The van der Waals surface area contributed by atoms with Gasteiger partial charge in [0.1, 0.15) is 0 Å². The number of aromatic nitrogens is 1. The number of rotatable bonds is 5. The third-order valence-electron chi connectivity index (χ3n) is 17.8. The Morgan fingerprint density at radius 2 is 0.622 bits per heavy atom. The van der Waals surface area contributed by atoms with E-state index >= 15 is 0 Å². The van der Waals surface area contributed by atoms with Crippen LogP contribution in [0.25, 0.3) is 49.7 Å². The van der Waals surface area contributed by atoms with Gasteiger partial charge in [0.2, 0.25) is 0 Å². The highest BCUT2D eigenvalue weighted by atomic mass is 15.2. The molecule has 414 valence electrons. The molecule has 9 aromatic carbocycles. The first-order chi connectivity index (χ1) is 38.5. The fraction of sp³-hybridized carbons (Fsp3) is 0.308. The molecule has 0 aliphatic carbocycles. The number of para-hydroxylation sites is 2. The van der Waals surface area contributed by atoms with Crippen molar-refractivity contribution in [2.45, 2.75) is 157 Å². The average Bonchev–Trinajstić information content (AvgIpc) is 3.88. The van der Waals surface area contributed by atoms with Crippen molar-refractivity contribution in [2.75, 3.05) is 9.80 Å².